The summed E-state index contributed by atoms with van der Waals surface area (Å²) in [6.07, 6.45) is 18.7. The average Bonchev–Trinajstić information content (AvgIpc) is 3.27. The Balaban J connectivity index is 1.61. The van der Waals surface area contributed by atoms with Crippen molar-refractivity contribution in [1.29, 1.82) is 0 Å². The van der Waals surface area contributed by atoms with Gasteiger partial charge in [0.05, 0.1) is 0 Å². The Morgan fingerprint density at radius 3 is 2.68 bits per heavy atom. The van der Waals surface area contributed by atoms with Gasteiger partial charge in [0.1, 0.15) is 0 Å². The van der Waals surface area contributed by atoms with Crippen LogP contribution in [0.3, 0.4) is 0 Å². The Morgan fingerprint density at radius 2 is 1.82 bits per heavy atom. The van der Waals surface area contributed by atoms with E-state index in [-0.39, 0.29) is 5.92 Å². The number of carbonyl (C=O) groups is 1. The molecule has 7 aliphatic rings. The first kappa shape index (κ1) is 12.3. The van der Waals surface area contributed by atoms with Crippen LogP contribution in [-0.4, -0.2) is 5.78 Å². The van der Waals surface area contributed by atoms with Crippen molar-refractivity contribution in [3.63, 3.8) is 0 Å². The highest BCUT2D eigenvalue weighted by atomic mass is 16.1. The molecule has 4 bridgehead atoms. The SMILES string of the molecule is O=C1C=C[C@H]2C=C[C@H]1[C@H]1[C@@H]2C2=C([C@H]3CC[C@H]2C3)C12CCCC2. The van der Waals surface area contributed by atoms with Crippen LogP contribution in [0.4, 0.5) is 0 Å². The number of rotatable bonds is 0. The third-order valence-corrected chi connectivity index (χ3v) is 8.16. The maximum absolute atomic E-state index is 12.7. The highest BCUT2D eigenvalue weighted by Gasteiger charge is 2.64. The van der Waals surface area contributed by atoms with Crippen LogP contribution in [0, 0.1) is 40.9 Å². The number of hydrogen-bond donors (Lipinski definition) is 0. The van der Waals surface area contributed by atoms with Crippen molar-refractivity contribution in [1.82, 2.24) is 0 Å². The van der Waals surface area contributed by atoms with Crippen LogP contribution >= 0.6 is 0 Å². The van der Waals surface area contributed by atoms with Gasteiger partial charge in [0.15, 0.2) is 5.78 Å². The lowest BCUT2D eigenvalue weighted by molar-refractivity contribution is -0.120. The van der Waals surface area contributed by atoms with E-state index < -0.39 is 0 Å². The molecule has 6 atom stereocenters. The number of ketones is 1. The Bertz CT molecular complexity index is 657. The molecule has 114 valence electrons. The van der Waals surface area contributed by atoms with E-state index in [1.807, 2.05) is 17.2 Å². The fourth-order valence-corrected chi connectivity index (χ4v) is 7.73. The maximum Gasteiger partial charge on any atom is 0.162 e. The smallest absolute Gasteiger partial charge is 0.162 e. The first-order valence-electron chi connectivity index (χ1n) is 9.44. The molecular formula is C21H24O. The lowest BCUT2D eigenvalue weighted by Gasteiger charge is -2.44. The first-order chi connectivity index (χ1) is 10.8. The van der Waals surface area contributed by atoms with Gasteiger partial charge in [0.25, 0.3) is 0 Å². The molecule has 22 heavy (non-hydrogen) atoms. The van der Waals surface area contributed by atoms with Crippen LogP contribution in [0.1, 0.15) is 44.9 Å². The second kappa shape index (κ2) is 3.86. The monoisotopic (exact) mass is 292 g/mol. The lowest BCUT2D eigenvalue weighted by Crippen LogP contribution is -2.41. The van der Waals surface area contributed by atoms with Crippen LogP contribution in [0.15, 0.2) is 35.5 Å². The summed E-state index contributed by atoms with van der Waals surface area (Å²) in [7, 11) is 0. The van der Waals surface area contributed by atoms with E-state index in [4.69, 9.17) is 0 Å². The summed E-state index contributed by atoms with van der Waals surface area (Å²) < 4.78 is 0. The number of carbonyl (C=O) groups excluding carboxylic acids is 1. The molecule has 7 rings (SSSR count). The predicted octanol–water partition coefficient (Wildman–Crippen LogP) is 4.46. The fourth-order valence-electron chi connectivity index (χ4n) is 7.73. The van der Waals surface area contributed by atoms with Gasteiger partial charge in [-0.1, -0.05) is 42.2 Å². The molecule has 7 aliphatic carbocycles. The molecule has 0 unspecified atom stereocenters. The highest BCUT2D eigenvalue weighted by molar-refractivity contribution is 5.94. The minimum Gasteiger partial charge on any atom is -0.294 e. The van der Waals surface area contributed by atoms with Crippen molar-refractivity contribution < 1.29 is 4.79 Å². The molecule has 0 aromatic carbocycles. The van der Waals surface area contributed by atoms with Gasteiger partial charge in [-0.25, -0.2) is 0 Å². The zero-order valence-corrected chi connectivity index (χ0v) is 13.1. The van der Waals surface area contributed by atoms with Crippen molar-refractivity contribution in [3.8, 4) is 0 Å². The topological polar surface area (TPSA) is 17.1 Å². The molecule has 1 spiro atoms. The zero-order valence-electron chi connectivity index (χ0n) is 13.1. The number of allylic oxidation sites excluding steroid dienone is 6. The van der Waals surface area contributed by atoms with Crippen molar-refractivity contribution >= 4 is 5.78 Å². The third-order valence-electron chi connectivity index (χ3n) is 8.16. The Hall–Kier alpha value is -1.11. The van der Waals surface area contributed by atoms with E-state index in [1.165, 1.54) is 44.9 Å². The Kier molecular flexibility index (Phi) is 2.16. The fraction of sp³-hybridized carbons (Fsp3) is 0.667. The van der Waals surface area contributed by atoms with Crippen LogP contribution < -0.4 is 0 Å². The van der Waals surface area contributed by atoms with Crippen LogP contribution in [0.25, 0.3) is 0 Å². The van der Waals surface area contributed by atoms with Gasteiger partial charge in [-0.15, -0.1) is 0 Å². The molecule has 0 radical (unpaired) electrons. The second-order valence-corrected chi connectivity index (χ2v) is 8.74. The van der Waals surface area contributed by atoms with E-state index in [2.05, 4.69) is 18.2 Å². The van der Waals surface area contributed by atoms with Crippen molar-refractivity contribution in [3.05, 3.63) is 35.5 Å². The highest BCUT2D eigenvalue weighted by Crippen LogP contribution is 2.73. The number of hydrogen-bond acceptors (Lipinski definition) is 1. The molecule has 2 saturated carbocycles. The second-order valence-electron chi connectivity index (χ2n) is 8.74. The molecule has 2 fully saturated rings. The van der Waals surface area contributed by atoms with Crippen LogP contribution in [0.2, 0.25) is 0 Å². The Labute approximate surface area is 132 Å². The Morgan fingerprint density at radius 1 is 1.00 bits per heavy atom. The van der Waals surface area contributed by atoms with Crippen LogP contribution in [0.5, 0.6) is 0 Å². The summed E-state index contributed by atoms with van der Waals surface area (Å²) >= 11 is 0. The summed E-state index contributed by atoms with van der Waals surface area (Å²) in [4.78, 5) is 12.7. The van der Waals surface area contributed by atoms with E-state index in [9.17, 15) is 4.79 Å². The molecule has 0 amide bonds. The molecule has 0 aliphatic heterocycles. The third kappa shape index (κ3) is 1.20. The molecule has 0 saturated heterocycles. The number of fused-ring (bicyclic) bond motifs is 6. The van der Waals surface area contributed by atoms with E-state index in [0.29, 0.717) is 29.0 Å². The van der Waals surface area contributed by atoms with E-state index in [0.717, 1.165) is 11.8 Å². The van der Waals surface area contributed by atoms with Crippen molar-refractivity contribution in [2.24, 2.45) is 40.9 Å². The maximum atomic E-state index is 12.7. The van der Waals surface area contributed by atoms with Gasteiger partial charge in [0, 0.05) is 11.8 Å². The molecule has 0 aromatic heterocycles. The van der Waals surface area contributed by atoms with Crippen molar-refractivity contribution in [2.45, 2.75) is 44.9 Å². The summed E-state index contributed by atoms with van der Waals surface area (Å²) in [6, 6.07) is 0. The average molecular weight is 292 g/mol. The van der Waals surface area contributed by atoms with Gasteiger partial charge in [-0.05, 0) is 67.3 Å². The van der Waals surface area contributed by atoms with Crippen molar-refractivity contribution in [2.75, 3.05) is 0 Å². The van der Waals surface area contributed by atoms with Gasteiger partial charge in [-0.2, -0.15) is 0 Å². The van der Waals surface area contributed by atoms with Gasteiger partial charge < -0.3 is 0 Å². The van der Waals surface area contributed by atoms with E-state index in [1.54, 1.807) is 0 Å². The minimum atomic E-state index is 0.183. The predicted molar refractivity (Wildman–Crippen MR) is 86.0 cm³/mol. The summed E-state index contributed by atoms with van der Waals surface area (Å²) in [5.74, 6) is 4.15. The molecule has 0 heterocycles. The quantitative estimate of drug-likeness (QED) is 0.602. The van der Waals surface area contributed by atoms with E-state index >= 15 is 0 Å². The summed E-state index contributed by atoms with van der Waals surface area (Å²) in [5.41, 5.74) is 4.22. The zero-order chi connectivity index (χ0) is 14.5. The standard InChI is InChI=1S/C21H24O/c22-16-8-6-12-5-7-15(16)20-17(12)18-13-3-4-14(11-13)19(18)21(20)9-1-2-10-21/h5-8,12-15,17,20H,1-4,9-11H2/t12-,13+,14+,15-,17+,20+/m1/s1. The first-order valence-corrected chi connectivity index (χ1v) is 9.44. The lowest BCUT2D eigenvalue weighted by atomic mass is 9.59. The summed E-state index contributed by atoms with van der Waals surface area (Å²) in [5, 5.41) is 0. The molecule has 0 N–H and O–H groups in total. The molecule has 1 nitrogen and oxygen atoms in total. The normalized spacial score (nSPS) is 49.4. The molecule has 1 heteroatoms. The minimum absolute atomic E-state index is 0.183. The van der Waals surface area contributed by atoms with Gasteiger partial charge in [-0.3, -0.25) is 4.79 Å². The summed E-state index contributed by atoms with van der Waals surface area (Å²) in [6.45, 7) is 0. The van der Waals surface area contributed by atoms with Gasteiger partial charge in [0.2, 0.25) is 0 Å². The van der Waals surface area contributed by atoms with Crippen LogP contribution in [-0.2, 0) is 4.79 Å². The molecular weight excluding hydrogens is 268 g/mol. The molecule has 0 aromatic rings. The largest absolute Gasteiger partial charge is 0.294 e. The van der Waals surface area contributed by atoms with Gasteiger partial charge >= 0.3 is 0 Å².